The van der Waals surface area contributed by atoms with Gasteiger partial charge in [-0.1, -0.05) is 30.3 Å². The molecule has 1 heterocycles. The molecule has 1 aliphatic heterocycles. The number of benzene rings is 3. The predicted octanol–water partition coefficient (Wildman–Crippen LogP) is 5.11. The molecule has 5 nitrogen and oxygen atoms in total. The molecule has 4 rings (SSSR count). The Hall–Kier alpha value is -3.81. The highest BCUT2D eigenvalue weighted by Crippen LogP contribution is 2.35. The van der Waals surface area contributed by atoms with E-state index in [0.29, 0.717) is 17.1 Å². The molecule has 0 saturated heterocycles. The molecule has 0 atom stereocenters. The maximum absolute atomic E-state index is 12.4. The van der Waals surface area contributed by atoms with Crippen molar-refractivity contribution >= 4 is 17.4 Å². The zero-order valence-electron chi connectivity index (χ0n) is 15.3. The van der Waals surface area contributed by atoms with E-state index in [1.54, 1.807) is 36.4 Å². The Balaban J connectivity index is 1.57. The van der Waals surface area contributed by atoms with E-state index in [2.05, 4.69) is 4.74 Å². The summed E-state index contributed by atoms with van der Waals surface area (Å²) in [6.45, 7) is 0.0586. The molecule has 0 bridgehead atoms. The normalized spacial score (nSPS) is 13.4. The molecule has 0 unspecified atom stereocenters. The van der Waals surface area contributed by atoms with Gasteiger partial charge < -0.3 is 14.4 Å². The first-order chi connectivity index (χ1) is 14.3. The van der Waals surface area contributed by atoms with Gasteiger partial charge in [-0.15, -0.1) is 13.2 Å². The van der Waals surface area contributed by atoms with Gasteiger partial charge in [0.05, 0.1) is 17.8 Å². The third kappa shape index (κ3) is 4.12. The Labute approximate surface area is 169 Å². The molecule has 3 aromatic rings. The fraction of sp³-hybridized carbons (Fsp3) is 0.0909. The van der Waals surface area contributed by atoms with E-state index in [-0.39, 0.29) is 17.8 Å². The van der Waals surface area contributed by atoms with Crippen molar-refractivity contribution in [1.82, 2.24) is 0 Å². The number of ether oxygens (including phenoxy) is 2. The van der Waals surface area contributed by atoms with E-state index >= 15 is 0 Å². The van der Waals surface area contributed by atoms with Gasteiger partial charge in [0.25, 0.3) is 11.7 Å². The van der Waals surface area contributed by atoms with Gasteiger partial charge in [-0.3, -0.25) is 9.59 Å². The first-order valence-electron chi connectivity index (χ1n) is 8.88. The lowest BCUT2D eigenvalue weighted by Crippen LogP contribution is -2.29. The molecule has 0 fully saturated rings. The zero-order chi connectivity index (χ0) is 21.3. The fourth-order valence-corrected chi connectivity index (χ4v) is 3.15. The molecule has 1 aliphatic rings. The summed E-state index contributed by atoms with van der Waals surface area (Å²) < 4.78 is 46.9. The summed E-state index contributed by atoms with van der Waals surface area (Å²) in [5.74, 6) is -1.06. The highest BCUT2D eigenvalue weighted by atomic mass is 19.4. The number of anilines is 1. The van der Waals surface area contributed by atoms with Gasteiger partial charge in [0.2, 0.25) is 0 Å². The minimum Gasteiger partial charge on any atom is -0.457 e. The van der Waals surface area contributed by atoms with E-state index < -0.39 is 23.8 Å². The number of Topliss-reactive ketones (excluding diaryl/α,β-unsaturated/α-hetero) is 1. The number of hydrogen-bond acceptors (Lipinski definition) is 4. The van der Waals surface area contributed by atoms with Crippen LogP contribution in [0.15, 0.2) is 72.8 Å². The van der Waals surface area contributed by atoms with Crippen LogP contribution in [0.4, 0.5) is 18.9 Å². The Kier molecular flexibility index (Phi) is 4.91. The number of fused-ring (bicyclic) bond motifs is 1. The topological polar surface area (TPSA) is 55.8 Å². The predicted molar refractivity (Wildman–Crippen MR) is 102 cm³/mol. The molecule has 8 heteroatoms. The SMILES string of the molecule is O=C1C(=O)N(Cc2cccc(Oc3ccccc3)c2)c2ccc(OC(F)(F)F)cc21. The maximum atomic E-state index is 12.4. The number of rotatable bonds is 5. The number of para-hydroxylation sites is 1. The molecule has 3 aromatic carbocycles. The number of hydrogen-bond donors (Lipinski definition) is 0. The summed E-state index contributed by atoms with van der Waals surface area (Å²) in [5, 5.41) is 0. The molecule has 0 spiro atoms. The molecule has 0 aliphatic carbocycles. The summed E-state index contributed by atoms with van der Waals surface area (Å²) >= 11 is 0. The molecule has 152 valence electrons. The van der Waals surface area contributed by atoms with Crippen LogP contribution in [0.1, 0.15) is 15.9 Å². The lowest BCUT2D eigenvalue weighted by Gasteiger charge is -2.17. The average Bonchev–Trinajstić information content (AvgIpc) is 2.92. The Morgan fingerprint density at radius 1 is 0.800 bits per heavy atom. The second-order valence-corrected chi connectivity index (χ2v) is 6.51. The Bertz CT molecular complexity index is 1110. The number of nitrogens with zero attached hydrogens (tertiary/aromatic N) is 1. The van der Waals surface area contributed by atoms with E-state index in [1.165, 1.54) is 11.0 Å². The Morgan fingerprint density at radius 3 is 2.27 bits per heavy atom. The van der Waals surface area contributed by atoms with Gasteiger partial charge >= 0.3 is 6.36 Å². The minimum absolute atomic E-state index is 0.0586. The van der Waals surface area contributed by atoms with Crippen molar-refractivity contribution in [2.24, 2.45) is 0 Å². The average molecular weight is 413 g/mol. The monoisotopic (exact) mass is 413 g/mol. The second-order valence-electron chi connectivity index (χ2n) is 6.51. The number of carbonyl (C=O) groups is 2. The van der Waals surface area contributed by atoms with Gasteiger partial charge in [0.15, 0.2) is 0 Å². The molecule has 1 amide bonds. The molecule has 30 heavy (non-hydrogen) atoms. The summed E-state index contributed by atoms with van der Waals surface area (Å²) in [6, 6.07) is 19.4. The number of halogens is 3. The summed E-state index contributed by atoms with van der Waals surface area (Å²) in [6.07, 6.45) is -4.89. The summed E-state index contributed by atoms with van der Waals surface area (Å²) in [4.78, 5) is 25.9. The molecular formula is C22H14F3NO4. The van der Waals surface area contributed by atoms with Crippen LogP contribution < -0.4 is 14.4 Å². The van der Waals surface area contributed by atoms with Crippen LogP contribution in [0.2, 0.25) is 0 Å². The van der Waals surface area contributed by atoms with Gasteiger partial charge in [-0.05, 0) is 48.0 Å². The smallest absolute Gasteiger partial charge is 0.457 e. The van der Waals surface area contributed by atoms with Crippen molar-refractivity contribution in [3.8, 4) is 17.2 Å². The Morgan fingerprint density at radius 2 is 1.53 bits per heavy atom. The van der Waals surface area contributed by atoms with Crippen LogP contribution in [0.3, 0.4) is 0 Å². The zero-order valence-corrected chi connectivity index (χ0v) is 15.3. The van der Waals surface area contributed by atoms with Gasteiger partial charge in [0.1, 0.15) is 17.2 Å². The van der Waals surface area contributed by atoms with Crippen molar-refractivity contribution in [3.63, 3.8) is 0 Å². The molecule has 0 saturated carbocycles. The molecule has 0 N–H and O–H groups in total. The first kappa shape index (κ1) is 19.5. The lowest BCUT2D eigenvalue weighted by atomic mass is 10.1. The van der Waals surface area contributed by atoms with Gasteiger partial charge in [0, 0.05) is 0 Å². The third-order valence-corrected chi connectivity index (χ3v) is 4.39. The van der Waals surface area contributed by atoms with Crippen LogP contribution >= 0.6 is 0 Å². The van der Waals surface area contributed by atoms with Crippen molar-refractivity contribution < 1.29 is 32.2 Å². The van der Waals surface area contributed by atoms with Crippen LogP contribution in [0.25, 0.3) is 0 Å². The molecule has 0 radical (unpaired) electrons. The number of carbonyl (C=O) groups excluding carboxylic acids is 2. The summed E-state index contributed by atoms with van der Waals surface area (Å²) in [5.41, 5.74) is 0.792. The standard InChI is InChI=1S/C22H14F3NO4/c23-22(24,25)30-17-9-10-19-18(12-17)20(27)21(28)26(19)13-14-5-4-8-16(11-14)29-15-6-2-1-3-7-15/h1-12H,13H2. The van der Waals surface area contributed by atoms with E-state index in [4.69, 9.17) is 4.74 Å². The van der Waals surface area contributed by atoms with Crippen molar-refractivity contribution in [1.29, 1.82) is 0 Å². The highest BCUT2D eigenvalue weighted by Gasteiger charge is 2.37. The van der Waals surface area contributed by atoms with Gasteiger partial charge in [-0.25, -0.2) is 0 Å². The van der Waals surface area contributed by atoms with Gasteiger partial charge in [-0.2, -0.15) is 0 Å². The van der Waals surface area contributed by atoms with Crippen LogP contribution in [0.5, 0.6) is 17.2 Å². The third-order valence-electron chi connectivity index (χ3n) is 4.39. The van der Waals surface area contributed by atoms with Crippen molar-refractivity contribution in [2.45, 2.75) is 12.9 Å². The fourth-order valence-electron chi connectivity index (χ4n) is 3.15. The van der Waals surface area contributed by atoms with Crippen molar-refractivity contribution in [2.75, 3.05) is 4.90 Å². The molecular weight excluding hydrogens is 399 g/mol. The maximum Gasteiger partial charge on any atom is 0.573 e. The second kappa shape index (κ2) is 7.55. The van der Waals surface area contributed by atoms with Crippen LogP contribution in [-0.2, 0) is 11.3 Å². The highest BCUT2D eigenvalue weighted by molar-refractivity contribution is 6.52. The minimum atomic E-state index is -4.89. The van der Waals surface area contributed by atoms with E-state index in [1.807, 2.05) is 18.2 Å². The first-order valence-corrected chi connectivity index (χ1v) is 8.88. The quantitative estimate of drug-likeness (QED) is 0.546. The molecule has 0 aromatic heterocycles. The summed E-state index contributed by atoms with van der Waals surface area (Å²) in [7, 11) is 0. The van der Waals surface area contributed by atoms with Crippen LogP contribution in [0, 0.1) is 0 Å². The number of ketones is 1. The van der Waals surface area contributed by atoms with Crippen molar-refractivity contribution in [3.05, 3.63) is 83.9 Å². The largest absolute Gasteiger partial charge is 0.573 e. The van der Waals surface area contributed by atoms with Crippen LogP contribution in [-0.4, -0.2) is 18.1 Å². The lowest BCUT2D eigenvalue weighted by molar-refractivity contribution is -0.274. The number of alkyl halides is 3. The van der Waals surface area contributed by atoms with E-state index in [9.17, 15) is 22.8 Å². The van der Waals surface area contributed by atoms with E-state index in [0.717, 1.165) is 12.1 Å². The number of amides is 1.